The highest BCUT2D eigenvalue weighted by Crippen LogP contribution is 2.35. The number of anilines is 1. The first-order valence-corrected chi connectivity index (χ1v) is 13.5. The number of likely N-dealkylation sites (N-methyl/N-ethyl adjacent to an activating group) is 1. The second kappa shape index (κ2) is 11.3. The van der Waals surface area contributed by atoms with E-state index >= 15 is 0 Å². The van der Waals surface area contributed by atoms with E-state index in [0.717, 1.165) is 11.8 Å². The van der Waals surface area contributed by atoms with Crippen LogP contribution in [0.4, 0.5) is 5.69 Å². The summed E-state index contributed by atoms with van der Waals surface area (Å²) >= 11 is 0. The monoisotopic (exact) mass is 519 g/mol. The van der Waals surface area contributed by atoms with Gasteiger partial charge in [-0.15, -0.1) is 0 Å². The fourth-order valence-electron chi connectivity index (χ4n) is 4.18. The van der Waals surface area contributed by atoms with Crippen molar-refractivity contribution in [2.45, 2.75) is 32.5 Å². The Balaban J connectivity index is 1.93. The molecule has 1 aliphatic rings. The van der Waals surface area contributed by atoms with E-state index in [4.69, 9.17) is 9.84 Å². The number of para-hydroxylation sites is 1. The second-order valence-corrected chi connectivity index (χ2v) is 11.1. The fraction of sp³-hybridized carbons (Fsp3) is 0.440. The summed E-state index contributed by atoms with van der Waals surface area (Å²) in [6.07, 6.45) is 0.608. The molecule has 196 valence electrons. The Hall–Kier alpha value is -3.15. The second-order valence-electron chi connectivity index (χ2n) is 9.38. The molecule has 0 bridgehead atoms. The van der Waals surface area contributed by atoms with Crippen LogP contribution in [0, 0.1) is 5.92 Å². The molecule has 36 heavy (non-hydrogen) atoms. The van der Waals surface area contributed by atoms with E-state index in [1.54, 1.807) is 54.3 Å². The summed E-state index contributed by atoms with van der Waals surface area (Å²) in [4.78, 5) is 28.1. The molecule has 1 amide bonds. The Labute approximate surface area is 211 Å². The molecule has 2 aromatic rings. The predicted octanol–water partition coefficient (Wildman–Crippen LogP) is 2.11. The Morgan fingerprint density at radius 3 is 2.50 bits per heavy atom. The van der Waals surface area contributed by atoms with Gasteiger partial charge in [-0.1, -0.05) is 25.1 Å². The summed E-state index contributed by atoms with van der Waals surface area (Å²) in [5.41, 5.74) is 1.52. The van der Waals surface area contributed by atoms with Crippen LogP contribution < -0.4 is 9.46 Å². The molecular weight excluding hydrogens is 486 g/mol. The number of rotatable bonds is 9. The number of hydrogen-bond donors (Lipinski definition) is 3. The number of hydrogen-bond acceptors (Lipinski definition) is 7. The van der Waals surface area contributed by atoms with Gasteiger partial charge >= 0.3 is 5.97 Å². The van der Waals surface area contributed by atoms with Crippen LogP contribution in [0.25, 0.3) is 0 Å². The number of fused-ring (bicyclic) bond motifs is 1. The summed E-state index contributed by atoms with van der Waals surface area (Å²) in [6, 6.07) is 10.9. The molecule has 10 nitrogen and oxygen atoms in total. The maximum atomic E-state index is 13.4. The van der Waals surface area contributed by atoms with Gasteiger partial charge in [0.05, 0.1) is 35.7 Å². The quantitative estimate of drug-likeness (QED) is 0.458. The van der Waals surface area contributed by atoms with Gasteiger partial charge in [-0.05, 0) is 43.8 Å². The number of aliphatic hydroxyl groups excluding tert-OH is 1. The average Bonchev–Trinajstić information content (AvgIpc) is 2.80. The van der Waals surface area contributed by atoms with Crippen molar-refractivity contribution >= 4 is 27.6 Å². The summed E-state index contributed by atoms with van der Waals surface area (Å²) in [6.45, 7) is 4.81. The van der Waals surface area contributed by atoms with Crippen molar-refractivity contribution in [2.24, 2.45) is 5.92 Å². The molecule has 2 aromatic carbocycles. The van der Waals surface area contributed by atoms with Gasteiger partial charge in [-0.3, -0.25) is 14.4 Å². The van der Waals surface area contributed by atoms with Crippen LogP contribution in [0.15, 0.2) is 42.5 Å². The lowest BCUT2D eigenvalue weighted by Crippen LogP contribution is -2.49. The first-order chi connectivity index (χ1) is 16.9. The number of nitrogens with zero attached hydrogens (tertiary/aromatic N) is 2. The number of carbonyl (C=O) groups excluding carboxylic acids is 1. The third-order valence-electron chi connectivity index (χ3n) is 6.13. The SMILES string of the molecule is C[C@@H]1CN([C@H](C)CO)C(=O)c2cccc(NS(C)(=O)=O)c2O[C@@H]1CN(C)Cc1ccc(C(=O)O)cc1. The molecule has 3 rings (SSSR count). The molecule has 0 saturated carbocycles. The Morgan fingerprint density at radius 1 is 1.25 bits per heavy atom. The number of amides is 1. The van der Waals surface area contributed by atoms with Gasteiger partial charge in [0.2, 0.25) is 10.0 Å². The highest BCUT2D eigenvalue weighted by Gasteiger charge is 2.34. The largest absolute Gasteiger partial charge is 0.486 e. The normalized spacial score (nSPS) is 19.2. The third kappa shape index (κ3) is 6.74. The number of carboxylic acids is 1. The standard InChI is InChI=1S/C25H33N3O7S/c1-16-12-28(17(2)15-29)24(30)20-6-5-7-21(26-36(4,33)34)23(20)35-22(16)14-27(3)13-18-8-10-19(11-9-18)25(31)32/h5-11,16-17,22,26,29H,12-15H2,1-4H3,(H,31,32)/t16-,17-,22-/m1/s1. The first-order valence-electron chi connectivity index (χ1n) is 11.6. The van der Waals surface area contributed by atoms with Crippen molar-refractivity contribution in [1.82, 2.24) is 9.80 Å². The highest BCUT2D eigenvalue weighted by molar-refractivity contribution is 7.92. The summed E-state index contributed by atoms with van der Waals surface area (Å²) in [7, 11) is -1.73. The van der Waals surface area contributed by atoms with Gasteiger partial charge in [-0.2, -0.15) is 0 Å². The van der Waals surface area contributed by atoms with Gasteiger partial charge in [0, 0.05) is 25.6 Å². The Kier molecular flexibility index (Phi) is 8.59. The molecule has 0 fully saturated rings. The number of benzene rings is 2. The van der Waals surface area contributed by atoms with E-state index in [1.807, 2.05) is 18.9 Å². The number of ether oxygens (including phenoxy) is 1. The van der Waals surface area contributed by atoms with E-state index in [1.165, 1.54) is 0 Å². The van der Waals surface area contributed by atoms with Crippen LogP contribution >= 0.6 is 0 Å². The van der Waals surface area contributed by atoms with Crippen molar-refractivity contribution in [3.63, 3.8) is 0 Å². The van der Waals surface area contributed by atoms with Crippen LogP contribution in [0.5, 0.6) is 5.75 Å². The third-order valence-corrected chi connectivity index (χ3v) is 6.72. The minimum atomic E-state index is -3.64. The van der Waals surface area contributed by atoms with Crippen molar-refractivity contribution < 1.29 is 33.0 Å². The van der Waals surface area contributed by atoms with Gasteiger partial charge in [0.25, 0.3) is 5.91 Å². The number of aliphatic hydroxyl groups is 1. The summed E-state index contributed by atoms with van der Waals surface area (Å²) in [5.74, 6) is -1.33. The molecule has 1 heterocycles. The van der Waals surface area contributed by atoms with E-state index in [9.17, 15) is 23.1 Å². The molecule has 1 aliphatic heterocycles. The van der Waals surface area contributed by atoms with Crippen LogP contribution in [-0.2, 0) is 16.6 Å². The van der Waals surface area contributed by atoms with Crippen molar-refractivity contribution in [3.05, 3.63) is 59.2 Å². The Bertz CT molecular complexity index is 1200. The number of aromatic carboxylic acids is 1. The molecule has 0 spiro atoms. The molecule has 0 aliphatic carbocycles. The molecule has 11 heteroatoms. The first kappa shape index (κ1) is 27.4. The fourth-order valence-corrected chi connectivity index (χ4v) is 4.74. The molecule has 3 atom stereocenters. The topological polar surface area (TPSA) is 136 Å². The molecular formula is C25H33N3O7S. The van der Waals surface area contributed by atoms with Gasteiger partial charge in [-0.25, -0.2) is 13.2 Å². The summed E-state index contributed by atoms with van der Waals surface area (Å²) < 4.78 is 32.8. The zero-order valence-electron chi connectivity index (χ0n) is 20.8. The van der Waals surface area contributed by atoms with Crippen molar-refractivity contribution in [3.8, 4) is 5.75 Å². The molecule has 3 N–H and O–H groups in total. The zero-order chi connectivity index (χ0) is 26.6. The average molecular weight is 520 g/mol. The molecule has 0 radical (unpaired) electrons. The van der Waals surface area contributed by atoms with Gasteiger partial charge < -0.3 is 19.8 Å². The maximum Gasteiger partial charge on any atom is 0.335 e. The molecule has 0 aromatic heterocycles. The van der Waals surface area contributed by atoms with Crippen LogP contribution in [0.1, 0.15) is 40.1 Å². The van der Waals surface area contributed by atoms with E-state index in [0.29, 0.717) is 19.6 Å². The molecule has 0 unspecified atom stereocenters. The number of nitrogens with one attached hydrogen (secondary N) is 1. The Morgan fingerprint density at radius 2 is 1.92 bits per heavy atom. The van der Waals surface area contributed by atoms with Gasteiger partial charge in [0.15, 0.2) is 5.75 Å². The highest BCUT2D eigenvalue weighted by atomic mass is 32.2. The lowest BCUT2D eigenvalue weighted by molar-refractivity contribution is 0.0344. The smallest absolute Gasteiger partial charge is 0.335 e. The van der Waals surface area contributed by atoms with Crippen LogP contribution in [0.2, 0.25) is 0 Å². The maximum absolute atomic E-state index is 13.4. The lowest BCUT2D eigenvalue weighted by Gasteiger charge is -2.38. The minimum Gasteiger partial charge on any atom is -0.486 e. The van der Waals surface area contributed by atoms with E-state index in [-0.39, 0.29) is 41.0 Å². The number of sulfonamides is 1. The van der Waals surface area contributed by atoms with Crippen molar-refractivity contribution in [2.75, 3.05) is 37.7 Å². The minimum absolute atomic E-state index is 0.152. The van der Waals surface area contributed by atoms with E-state index < -0.39 is 28.1 Å². The van der Waals surface area contributed by atoms with Gasteiger partial charge in [0.1, 0.15) is 6.10 Å². The molecule has 0 saturated heterocycles. The predicted molar refractivity (Wildman–Crippen MR) is 136 cm³/mol. The van der Waals surface area contributed by atoms with Crippen LogP contribution in [0.3, 0.4) is 0 Å². The van der Waals surface area contributed by atoms with Crippen molar-refractivity contribution in [1.29, 1.82) is 0 Å². The van der Waals surface area contributed by atoms with E-state index in [2.05, 4.69) is 4.72 Å². The summed E-state index contributed by atoms with van der Waals surface area (Å²) in [5, 5.41) is 18.9. The zero-order valence-corrected chi connectivity index (χ0v) is 21.7. The number of carboxylic acid groups (broad SMARTS) is 1. The number of carbonyl (C=O) groups is 2. The van der Waals surface area contributed by atoms with Crippen LogP contribution in [-0.4, -0.2) is 85.5 Å². The lowest BCUT2D eigenvalue weighted by atomic mass is 9.99.